The van der Waals surface area contributed by atoms with Crippen molar-refractivity contribution in [3.63, 3.8) is 0 Å². The molecular weight excluding hydrogens is 207 g/mol. The van der Waals surface area contributed by atoms with Crippen LogP contribution in [0.2, 0.25) is 0 Å². The Morgan fingerprint density at radius 2 is 2.67 bits per heavy atom. The van der Waals surface area contributed by atoms with Crippen molar-refractivity contribution in [2.24, 2.45) is 0 Å². The van der Waals surface area contributed by atoms with Crippen molar-refractivity contribution in [1.29, 1.82) is 0 Å². The molecule has 1 rings (SSSR count). The first kappa shape index (κ1) is 4.59. The van der Waals surface area contributed by atoms with E-state index in [0.29, 0.717) is 0 Å². The second-order valence-corrected chi connectivity index (χ2v) is 3.57. The van der Waals surface area contributed by atoms with Gasteiger partial charge in [-0.25, -0.2) is 0 Å². The van der Waals surface area contributed by atoms with Gasteiger partial charge in [-0.3, -0.25) is 0 Å². The highest BCUT2D eigenvalue weighted by Crippen LogP contribution is 2.08. The quantitative estimate of drug-likeness (QED) is 0.574. The summed E-state index contributed by atoms with van der Waals surface area (Å²) in [5.41, 5.74) is 0. The lowest BCUT2D eigenvalue weighted by atomic mass is 10.7. The summed E-state index contributed by atoms with van der Waals surface area (Å²) in [4.78, 5) is 0. The predicted octanol–water partition coefficient (Wildman–Crippen LogP) is 2.15. The molecule has 0 fully saturated rings. The van der Waals surface area contributed by atoms with E-state index in [1.807, 2.05) is 11.4 Å². The second-order valence-electron chi connectivity index (χ2n) is 0.839. The van der Waals surface area contributed by atoms with Crippen molar-refractivity contribution in [3.05, 3.63) is 20.4 Å². The Labute approximate surface area is 54.3 Å². The van der Waals surface area contributed by atoms with Gasteiger partial charge in [0.05, 0.1) is 2.88 Å². The average Bonchev–Trinajstić information content (AvgIpc) is 1.86. The third kappa shape index (κ3) is 0.944. The van der Waals surface area contributed by atoms with Gasteiger partial charge in [0.1, 0.15) is 0 Å². The summed E-state index contributed by atoms with van der Waals surface area (Å²) >= 11 is 3.95. The van der Waals surface area contributed by atoms with Crippen LogP contribution in [-0.4, -0.2) is 0 Å². The Kier molecular flexibility index (Phi) is 1.48. The Bertz CT molecular complexity index is 111. The Morgan fingerprint density at radius 3 is 2.83 bits per heavy atom. The Hall–Kier alpha value is 0.430. The SMILES string of the molecule is Ic1[c]ccs1. The number of halogens is 1. The molecule has 1 heterocycles. The Balaban J connectivity index is 3.05. The summed E-state index contributed by atoms with van der Waals surface area (Å²) in [5, 5.41) is 2.02. The van der Waals surface area contributed by atoms with E-state index >= 15 is 0 Å². The highest BCUT2D eigenvalue weighted by molar-refractivity contribution is 14.1. The first-order valence-electron chi connectivity index (χ1n) is 1.50. The first-order valence-corrected chi connectivity index (χ1v) is 3.46. The van der Waals surface area contributed by atoms with Crippen LogP contribution in [-0.2, 0) is 0 Å². The molecule has 0 aliphatic carbocycles. The summed E-state index contributed by atoms with van der Waals surface area (Å²) < 4.78 is 1.23. The van der Waals surface area contributed by atoms with E-state index in [2.05, 4.69) is 28.7 Å². The summed E-state index contributed by atoms with van der Waals surface area (Å²) in [5.74, 6) is 0. The molecule has 0 amide bonds. The van der Waals surface area contributed by atoms with E-state index in [9.17, 15) is 0 Å². The van der Waals surface area contributed by atoms with Crippen LogP contribution in [0.15, 0.2) is 11.4 Å². The maximum atomic E-state index is 3.01. The molecule has 0 aliphatic heterocycles. The number of rotatable bonds is 0. The summed E-state index contributed by atoms with van der Waals surface area (Å²) in [6.07, 6.45) is 0. The van der Waals surface area contributed by atoms with Crippen molar-refractivity contribution in [3.8, 4) is 0 Å². The van der Waals surface area contributed by atoms with E-state index in [1.54, 1.807) is 11.3 Å². The highest BCUT2D eigenvalue weighted by Gasteiger charge is 1.78. The zero-order chi connectivity index (χ0) is 4.41. The van der Waals surface area contributed by atoms with Crippen molar-refractivity contribution in [2.75, 3.05) is 0 Å². The van der Waals surface area contributed by atoms with Crippen molar-refractivity contribution < 1.29 is 0 Å². The molecule has 1 aromatic rings. The third-order valence-corrected chi connectivity index (χ3v) is 2.11. The van der Waals surface area contributed by atoms with Crippen molar-refractivity contribution in [2.45, 2.75) is 0 Å². The topological polar surface area (TPSA) is 0 Å². The molecule has 1 radical (unpaired) electrons. The average molecular weight is 209 g/mol. The molecule has 0 aromatic carbocycles. The molecule has 0 bridgehead atoms. The molecule has 0 spiro atoms. The molecular formula is C4H2IS. The lowest BCUT2D eigenvalue weighted by Crippen LogP contribution is -1.40. The molecule has 6 heavy (non-hydrogen) atoms. The van der Waals surface area contributed by atoms with Gasteiger partial charge in [0.15, 0.2) is 0 Å². The number of hydrogen-bond acceptors (Lipinski definition) is 1. The van der Waals surface area contributed by atoms with Gasteiger partial charge in [0, 0.05) is 6.07 Å². The van der Waals surface area contributed by atoms with E-state index in [-0.39, 0.29) is 0 Å². The maximum absolute atomic E-state index is 3.01. The number of thiophene rings is 1. The van der Waals surface area contributed by atoms with Crippen LogP contribution in [0.1, 0.15) is 0 Å². The van der Waals surface area contributed by atoms with Crippen LogP contribution >= 0.6 is 33.9 Å². The number of hydrogen-bond donors (Lipinski definition) is 0. The zero-order valence-corrected chi connectivity index (χ0v) is 5.91. The zero-order valence-electron chi connectivity index (χ0n) is 2.94. The largest absolute Gasteiger partial charge is 0.137 e. The van der Waals surface area contributed by atoms with Gasteiger partial charge in [0.2, 0.25) is 0 Å². The van der Waals surface area contributed by atoms with E-state index < -0.39 is 0 Å². The molecule has 0 saturated carbocycles. The second kappa shape index (κ2) is 1.93. The van der Waals surface area contributed by atoms with Gasteiger partial charge in [-0.05, 0) is 34.0 Å². The van der Waals surface area contributed by atoms with Gasteiger partial charge >= 0.3 is 0 Å². The van der Waals surface area contributed by atoms with Gasteiger partial charge in [-0.2, -0.15) is 0 Å². The van der Waals surface area contributed by atoms with Gasteiger partial charge < -0.3 is 0 Å². The first-order chi connectivity index (χ1) is 2.89. The lowest BCUT2D eigenvalue weighted by Gasteiger charge is -1.61. The maximum Gasteiger partial charge on any atom is 0.0732 e. The van der Waals surface area contributed by atoms with E-state index in [1.165, 1.54) is 2.88 Å². The predicted molar refractivity (Wildman–Crippen MR) is 35.9 cm³/mol. The van der Waals surface area contributed by atoms with Gasteiger partial charge in [0.25, 0.3) is 0 Å². The lowest BCUT2D eigenvalue weighted by molar-refractivity contribution is 1.93. The molecule has 31 valence electrons. The molecule has 0 atom stereocenters. The third-order valence-electron chi connectivity index (χ3n) is 0.436. The molecule has 0 nitrogen and oxygen atoms in total. The monoisotopic (exact) mass is 209 g/mol. The highest BCUT2D eigenvalue weighted by atomic mass is 127. The summed E-state index contributed by atoms with van der Waals surface area (Å²) in [7, 11) is 0. The fraction of sp³-hybridized carbons (Fsp3) is 0. The van der Waals surface area contributed by atoms with Crippen LogP contribution in [0.4, 0.5) is 0 Å². The summed E-state index contributed by atoms with van der Waals surface area (Å²) in [6.45, 7) is 0. The smallest absolute Gasteiger partial charge is 0.0732 e. The van der Waals surface area contributed by atoms with Crippen LogP contribution in [0, 0.1) is 8.95 Å². The van der Waals surface area contributed by atoms with E-state index in [0.717, 1.165) is 0 Å². The Morgan fingerprint density at radius 1 is 1.83 bits per heavy atom. The van der Waals surface area contributed by atoms with Crippen molar-refractivity contribution >= 4 is 33.9 Å². The molecule has 0 unspecified atom stereocenters. The summed E-state index contributed by atoms with van der Waals surface area (Å²) in [6, 6.07) is 4.93. The van der Waals surface area contributed by atoms with Crippen LogP contribution in [0.25, 0.3) is 0 Å². The minimum atomic E-state index is 1.23. The molecule has 0 N–H and O–H groups in total. The minimum absolute atomic E-state index is 1.23. The van der Waals surface area contributed by atoms with Crippen LogP contribution in [0.3, 0.4) is 0 Å². The normalized spacial score (nSPS) is 8.83. The molecule has 0 saturated heterocycles. The molecule has 1 aromatic heterocycles. The fourth-order valence-corrected chi connectivity index (χ4v) is 1.24. The van der Waals surface area contributed by atoms with Gasteiger partial charge in [-0.15, -0.1) is 11.3 Å². The van der Waals surface area contributed by atoms with Crippen LogP contribution in [0.5, 0.6) is 0 Å². The molecule has 2 heteroatoms. The standard InChI is InChI=1S/C4H2IS/c5-4-2-1-3-6-4/h1,3H. The van der Waals surface area contributed by atoms with Crippen LogP contribution < -0.4 is 0 Å². The fourth-order valence-electron chi connectivity index (χ4n) is 0.227. The minimum Gasteiger partial charge on any atom is -0.137 e. The molecule has 0 aliphatic rings. The van der Waals surface area contributed by atoms with Gasteiger partial charge in [-0.1, -0.05) is 0 Å². The van der Waals surface area contributed by atoms with Crippen molar-refractivity contribution in [1.82, 2.24) is 0 Å². The van der Waals surface area contributed by atoms with E-state index in [4.69, 9.17) is 0 Å².